The third-order valence-electron chi connectivity index (χ3n) is 4.85. The number of anilines is 1. The van der Waals surface area contributed by atoms with E-state index in [1.54, 1.807) is 0 Å². The number of likely N-dealkylation sites (N-methyl/N-ethyl adjacent to an activating group) is 1. The molecule has 0 unspecified atom stereocenters. The van der Waals surface area contributed by atoms with E-state index >= 15 is 0 Å². The van der Waals surface area contributed by atoms with Crippen molar-refractivity contribution in [2.24, 2.45) is 4.99 Å². The number of nitriles is 2. The lowest BCUT2D eigenvalue weighted by Crippen LogP contribution is -2.22. The minimum absolute atomic E-state index is 0.152. The fourth-order valence-electron chi connectivity index (χ4n) is 3.46. The zero-order chi connectivity index (χ0) is 19.4. The molecule has 2 aromatic carbocycles. The van der Waals surface area contributed by atoms with Crippen molar-refractivity contribution in [3.8, 4) is 12.1 Å². The molecule has 0 bridgehead atoms. The number of allylic oxidation sites excluding steroid dienone is 3. The molecule has 4 heteroatoms. The number of hydrogen-bond acceptors (Lipinski definition) is 4. The second-order valence-electron chi connectivity index (χ2n) is 6.86. The van der Waals surface area contributed by atoms with Gasteiger partial charge in [0.25, 0.3) is 0 Å². The Morgan fingerprint density at radius 3 is 2.26 bits per heavy atom. The minimum Gasteiger partial charge on any atom is -0.347 e. The maximum absolute atomic E-state index is 9.09. The SMILES string of the molecule is CN1/C(=C\C=C(\N=C(C#N)C#N)c2ccccc2)C(C)(C)c2ccccc21. The Bertz CT molecular complexity index is 1010. The summed E-state index contributed by atoms with van der Waals surface area (Å²) < 4.78 is 0. The lowest BCUT2D eigenvalue weighted by atomic mass is 9.83. The zero-order valence-corrected chi connectivity index (χ0v) is 15.6. The van der Waals surface area contributed by atoms with E-state index in [4.69, 9.17) is 10.5 Å². The van der Waals surface area contributed by atoms with Crippen LogP contribution in [0, 0.1) is 22.7 Å². The van der Waals surface area contributed by atoms with E-state index in [-0.39, 0.29) is 11.1 Å². The maximum Gasteiger partial charge on any atom is 0.218 e. The quantitative estimate of drug-likeness (QED) is 0.743. The van der Waals surface area contributed by atoms with Crippen molar-refractivity contribution < 1.29 is 0 Å². The topological polar surface area (TPSA) is 63.2 Å². The zero-order valence-electron chi connectivity index (χ0n) is 15.6. The predicted octanol–water partition coefficient (Wildman–Crippen LogP) is 4.83. The van der Waals surface area contributed by atoms with Crippen LogP contribution in [-0.4, -0.2) is 12.8 Å². The maximum atomic E-state index is 9.09. The van der Waals surface area contributed by atoms with Gasteiger partial charge in [-0.15, -0.1) is 0 Å². The summed E-state index contributed by atoms with van der Waals surface area (Å²) in [6.07, 6.45) is 3.90. The third-order valence-corrected chi connectivity index (χ3v) is 4.85. The van der Waals surface area contributed by atoms with E-state index in [2.05, 4.69) is 49.0 Å². The van der Waals surface area contributed by atoms with E-state index in [0.29, 0.717) is 5.70 Å². The van der Waals surface area contributed by atoms with Crippen LogP contribution in [0.2, 0.25) is 0 Å². The number of rotatable bonds is 3. The van der Waals surface area contributed by atoms with E-state index in [9.17, 15) is 0 Å². The van der Waals surface area contributed by atoms with Crippen LogP contribution in [0.15, 0.2) is 77.4 Å². The van der Waals surface area contributed by atoms with Gasteiger partial charge in [-0.1, -0.05) is 62.4 Å². The van der Waals surface area contributed by atoms with Crippen LogP contribution in [0.5, 0.6) is 0 Å². The first-order valence-corrected chi connectivity index (χ1v) is 8.69. The molecule has 27 heavy (non-hydrogen) atoms. The summed E-state index contributed by atoms with van der Waals surface area (Å²) in [6, 6.07) is 21.6. The molecule has 0 radical (unpaired) electrons. The van der Waals surface area contributed by atoms with Crippen LogP contribution < -0.4 is 4.90 Å². The Labute approximate surface area is 160 Å². The molecular weight excluding hydrogens is 332 g/mol. The smallest absolute Gasteiger partial charge is 0.218 e. The number of para-hydroxylation sites is 1. The summed E-state index contributed by atoms with van der Waals surface area (Å²) in [7, 11) is 2.05. The molecule has 4 nitrogen and oxygen atoms in total. The lowest BCUT2D eigenvalue weighted by Gasteiger charge is -2.23. The highest BCUT2D eigenvalue weighted by Crippen LogP contribution is 2.46. The molecule has 0 saturated heterocycles. The van der Waals surface area contributed by atoms with Gasteiger partial charge in [-0.2, -0.15) is 10.5 Å². The molecule has 0 atom stereocenters. The summed E-state index contributed by atoms with van der Waals surface area (Å²) in [5, 5.41) is 18.2. The molecule has 1 aliphatic heterocycles. The molecule has 0 N–H and O–H groups in total. The normalized spacial score (nSPS) is 16.4. The Hall–Kier alpha value is -3.63. The fourth-order valence-corrected chi connectivity index (χ4v) is 3.46. The van der Waals surface area contributed by atoms with Crippen molar-refractivity contribution >= 4 is 17.1 Å². The standard InChI is InChI=1S/C23H20N4/c1-23(2)19-11-7-8-12-21(19)27(3)22(23)14-13-20(26-18(15-24)16-25)17-9-5-4-6-10-17/h4-14H,1-3H3/b20-13+,22-14-. The number of fused-ring (bicyclic) bond motifs is 1. The van der Waals surface area contributed by atoms with Gasteiger partial charge < -0.3 is 4.90 Å². The molecule has 0 fully saturated rings. The summed E-state index contributed by atoms with van der Waals surface area (Å²) in [5.41, 5.74) is 4.71. The lowest BCUT2D eigenvalue weighted by molar-refractivity contribution is 0.640. The molecule has 3 rings (SSSR count). The minimum atomic E-state index is -0.161. The number of aliphatic imine (C=N–C) groups is 1. The van der Waals surface area contributed by atoms with Crippen LogP contribution >= 0.6 is 0 Å². The Balaban J connectivity index is 2.11. The molecule has 1 heterocycles. The molecular formula is C23H20N4. The predicted molar refractivity (Wildman–Crippen MR) is 109 cm³/mol. The summed E-state index contributed by atoms with van der Waals surface area (Å²) in [6.45, 7) is 4.38. The first-order chi connectivity index (χ1) is 13.0. The van der Waals surface area contributed by atoms with Crippen LogP contribution in [0.1, 0.15) is 25.0 Å². The van der Waals surface area contributed by atoms with E-state index in [0.717, 1.165) is 11.3 Å². The Morgan fingerprint density at radius 2 is 1.63 bits per heavy atom. The Morgan fingerprint density at radius 1 is 1.00 bits per heavy atom. The van der Waals surface area contributed by atoms with Gasteiger partial charge in [0, 0.05) is 29.4 Å². The van der Waals surface area contributed by atoms with Gasteiger partial charge in [0.05, 0.1) is 5.70 Å². The second kappa shape index (κ2) is 7.32. The Kier molecular flexibility index (Phi) is 4.92. The van der Waals surface area contributed by atoms with Crippen molar-refractivity contribution in [3.63, 3.8) is 0 Å². The van der Waals surface area contributed by atoms with Gasteiger partial charge in [-0.3, -0.25) is 0 Å². The van der Waals surface area contributed by atoms with Gasteiger partial charge in [0.15, 0.2) is 0 Å². The molecule has 0 amide bonds. The van der Waals surface area contributed by atoms with E-state index in [1.807, 2.05) is 60.7 Å². The van der Waals surface area contributed by atoms with Gasteiger partial charge in [0.1, 0.15) is 12.1 Å². The van der Waals surface area contributed by atoms with Crippen molar-refractivity contribution in [1.82, 2.24) is 0 Å². The van der Waals surface area contributed by atoms with Crippen LogP contribution in [0.25, 0.3) is 5.70 Å². The summed E-state index contributed by atoms with van der Waals surface area (Å²) >= 11 is 0. The molecule has 0 aromatic heterocycles. The molecule has 0 aliphatic carbocycles. The molecule has 132 valence electrons. The molecule has 0 spiro atoms. The average molecular weight is 352 g/mol. The summed E-state index contributed by atoms with van der Waals surface area (Å²) in [5.74, 6) is 0. The van der Waals surface area contributed by atoms with Crippen LogP contribution in [0.4, 0.5) is 5.69 Å². The van der Waals surface area contributed by atoms with E-state index < -0.39 is 0 Å². The van der Waals surface area contributed by atoms with E-state index in [1.165, 1.54) is 11.3 Å². The molecule has 0 saturated carbocycles. The van der Waals surface area contributed by atoms with Crippen LogP contribution in [0.3, 0.4) is 0 Å². The third kappa shape index (κ3) is 3.38. The average Bonchev–Trinajstić information content (AvgIpc) is 2.89. The highest BCUT2D eigenvalue weighted by Gasteiger charge is 2.37. The highest BCUT2D eigenvalue weighted by atomic mass is 15.2. The van der Waals surface area contributed by atoms with Crippen molar-refractivity contribution in [3.05, 3.63) is 83.6 Å². The van der Waals surface area contributed by atoms with Gasteiger partial charge in [-0.05, 0) is 23.8 Å². The monoisotopic (exact) mass is 352 g/mol. The fraction of sp³-hybridized carbons (Fsp3) is 0.174. The van der Waals surface area contributed by atoms with Crippen molar-refractivity contribution in [2.45, 2.75) is 19.3 Å². The first-order valence-electron chi connectivity index (χ1n) is 8.69. The first kappa shape index (κ1) is 18.2. The number of benzene rings is 2. The van der Waals surface area contributed by atoms with Crippen molar-refractivity contribution in [2.75, 3.05) is 11.9 Å². The molecule has 2 aromatic rings. The van der Waals surface area contributed by atoms with Gasteiger partial charge in [0.2, 0.25) is 5.71 Å². The summed E-state index contributed by atoms with van der Waals surface area (Å²) in [4.78, 5) is 6.43. The van der Waals surface area contributed by atoms with Crippen LogP contribution in [-0.2, 0) is 5.41 Å². The van der Waals surface area contributed by atoms with Gasteiger partial charge in [-0.25, -0.2) is 4.99 Å². The largest absolute Gasteiger partial charge is 0.347 e. The molecule has 1 aliphatic rings. The highest BCUT2D eigenvalue weighted by molar-refractivity contribution is 6.12. The van der Waals surface area contributed by atoms with Crippen molar-refractivity contribution in [1.29, 1.82) is 10.5 Å². The number of hydrogen-bond donors (Lipinski definition) is 0. The second-order valence-corrected chi connectivity index (χ2v) is 6.86. The van der Waals surface area contributed by atoms with Gasteiger partial charge >= 0.3 is 0 Å². The number of nitrogens with zero attached hydrogens (tertiary/aromatic N) is 4.